The first kappa shape index (κ1) is 15.4. The molecule has 3 aromatic carbocycles. The van der Waals surface area contributed by atoms with E-state index in [0.717, 1.165) is 27.1 Å². The van der Waals surface area contributed by atoms with Crippen LogP contribution in [0.25, 0.3) is 21.5 Å². The van der Waals surface area contributed by atoms with Crippen molar-refractivity contribution < 1.29 is 19.1 Å². The Morgan fingerprint density at radius 1 is 1.04 bits per heavy atom. The number of ether oxygens (including phenoxy) is 2. The molecule has 0 saturated heterocycles. The molecule has 2 atom stereocenters. The SMILES string of the molecule is CCOC(=O)[C@@]1(C)C[C@]12C(=O)Oc1c2c2ccccc2c2ccccc12. The molecule has 3 aromatic rings. The molecular weight excluding hydrogens is 328 g/mol. The van der Waals surface area contributed by atoms with Gasteiger partial charge < -0.3 is 9.47 Å². The Hall–Kier alpha value is -2.88. The van der Waals surface area contributed by atoms with Gasteiger partial charge in [-0.25, -0.2) is 0 Å². The molecule has 130 valence electrons. The summed E-state index contributed by atoms with van der Waals surface area (Å²) in [4.78, 5) is 25.6. The molecule has 4 nitrogen and oxygen atoms in total. The molecule has 0 N–H and O–H groups in total. The Kier molecular flexibility index (Phi) is 2.87. The summed E-state index contributed by atoms with van der Waals surface area (Å²) in [5.74, 6) is -0.0797. The highest BCUT2D eigenvalue weighted by Crippen LogP contribution is 2.71. The maximum atomic E-state index is 13.0. The number of fused-ring (bicyclic) bond motifs is 7. The fourth-order valence-corrected chi connectivity index (χ4v) is 4.61. The largest absolute Gasteiger partial charge is 0.466 e. The van der Waals surface area contributed by atoms with Gasteiger partial charge in [-0.2, -0.15) is 0 Å². The van der Waals surface area contributed by atoms with Crippen LogP contribution in [0.1, 0.15) is 25.8 Å². The zero-order chi connectivity index (χ0) is 18.1. The lowest BCUT2D eigenvalue weighted by molar-refractivity contribution is -0.152. The van der Waals surface area contributed by atoms with Gasteiger partial charge in [0.05, 0.1) is 12.0 Å². The van der Waals surface area contributed by atoms with Gasteiger partial charge in [0.2, 0.25) is 0 Å². The fourth-order valence-electron chi connectivity index (χ4n) is 4.61. The minimum atomic E-state index is -0.946. The number of rotatable bonds is 2. The molecular formula is C22H18O4. The average Bonchev–Trinajstić information content (AvgIpc) is 3.19. The number of esters is 2. The molecule has 2 aliphatic rings. The van der Waals surface area contributed by atoms with Gasteiger partial charge in [-0.05, 0) is 36.4 Å². The molecule has 0 radical (unpaired) electrons. The first-order chi connectivity index (χ1) is 12.5. The van der Waals surface area contributed by atoms with E-state index in [2.05, 4.69) is 6.07 Å². The Bertz CT molecular complexity index is 1120. The van der Waals surface area contributed by atoms with Crippen molar-refractivity contribution in [3.63, 3.8) is 0 Å². The normalized spacial score (nSPS) is 26.2. The molecule has 4 heteroatoms. The maximum absolute atomic E-state index is 13.0. The first-order valence-electron chi connectivity index (χ1n) is 8.88. The summed E-state index contributed by atoms with van der Waals surface area (Å²) < 4.78 is 11.1. The maximum Gasteiger partial charge on any atom is 0.323 e. The van der Waals surface area contributed by atoms with Crippen molar-refractivity contribution in [3.05, 3.63) is 54.1 Å². The van der Waals surface area contributed by atoms with Crippen LogP contribution in [0, 0.1) is 5.41 Å². The summed E-state index contributed by atoms with van der Waals surface area (Å²) in [7, 11) is 0. The minimum Gasteiger partial charge on any atom is -0.466 e. The third-order valence-corrected chi connectivity index (χ3v) is 6.02. The van der Waals surface area contributed by atoms with E-state index in [1.807, 2.05) is 49.4 Å². The second-order valence-electron chi connectivity index (χ2n) is 7.32. The number of benzene rings is 3. The fraction of sp³-hybridized carbons (Fsp3) is 0.273. The van der Waals surface area contributed by atoms with E-state index in [-0.39, 0.29) is 11.9 Å². The highest BCUT2D eigenvalue weighted by atomic mass is 16.6. The Morgan fingerprint density at radius 3 is 2.27 bits per heavy atom. The van der Waals surface area contributed by atoms with Crippen molar-refractivity contribution in [1.29, 1.82) is 0 Å². The van der Waals surface area contributed by atoms with E-state index < -0.39 is 10.8 Å². The van der Waals surface area contributed by atoms with Crippen molar-refractivity contribution in [2.24, 2.45) is 5.41 Å². The third kappa shape index (κ3) is 1.60. The molecule has 1 spiro atoms. The molecule has 1 aliphatic heterocycles. The monoisotopic (exact) mass is 346 g/mol. The summed E-state index contributed by atoms with van der Waals surface area (Å²) in [5.41, 5.74) is -0.984. The van der Waals surface area contributed by atoms with Crippen molar-refractivity contribution >= 4 is 33.5 Å². The zero-order valence-electron chi connectivity index (χ0n) is 14.7. The van der Waals surface area contributed by atoms with Crippen LogP contribution >= 0.6 is 0 Å². The number of hydrogen-bond acceptors (Lipinski definition) is 4. The first-order valence-corrected chi connectivity index (χ1v) is 8.88. The van der Waals surface area contributed by atoms with Gasteiger partial charge in [0, 0.05) is 10.9 Å². The minimum absolute atomic E-state index is 0.297. The van der Waals surface area contributed by atoms with Crippen LogP contribution in [-0.4, -0.2) is 18.5 Å². The topological polar surface area (TPSA) is 52.6 Å². The molecule has 1 heterocycles. The van der Waals surface area contributed by atoms with Crippen molar-refractivity contribution in [2.45, 2.75) is 25.7 Å². The van der Waals surface area contributed by atoms with Crippen LogP contribution in [0.15, 0.2) is 48.5 Å². The highest BCUT2D eigenvalue weighted by molar-refractivity contribution is 6.18. The highest BCUT2D eigenvalue weighted by Gasteiger charge is 2.79. The Balaban J connectivity index is 1.87. The average molecular weight is 346 g/mol. The summed E-state index contributed by atoms with van der Waals surface area (Å²) in [6, 6.07) is 15.9. The van der Waals surface area contributed by atoms with Crippen molar-refractivity contribution in [3.8, 4) is 5.75 Å². The van der Waals surface area contributed by atoms with Crippen LogP contribution in [0.4, 0.5) is 0 Å². The van der Waals surface area contributed by atoms with Crippen molar-refractivity contribution in [2.75, 3.05) is 6.61 Å². The molecule has 0 amide bonds. The van der Waals surface area contributed by atoms with E-state index in [1.165, 1.54) is 0 Å². The number of carbonyl (C=O) groups is 2. The molecule has 0 bridgehead atoms. The standard InChI is InChI=1S/C22H18O4/c1-3-25-19(23)21(2)12-22(21)17-15-10-6-4-8-13(15)14-9-5-7-11-16(14)18(17)26-20(22)24/h4-11H,3,12H2,1-2H3/t21-,22+/m1/s1. The molecule has 1 aliphatic carbocycles. The molecule has 1 saturated carbocycles. The Labute approximate surface area is 150 Å². The second kappa shape index (κ2) is 4.85. The van der Waals surface area contributed by atoms with E-state index in [9.17, 15) is 9.59 Å². The number of carbonyl (C=O) groups excluding carboxylic acids is 2. The van der Waals surface area contributed by atoms with Crippen LogP contribution < -0.4 is 4.74 Å². The van der Waals surface area contributed by atoms with Crippen LogP contribution in [0.2, 0.25) is 0 Å². The van der Waals surface area contributed by atoms with E-state index in [4.69, 9.17) is 9.47 Å². The molecule has 5 rings (SSSR count). The predicted octanol–water partition coefficient (Wildman–Crippen LogP) is 4.12. The van der Waals surface area contributed by atoms with Crippen molar-refractivity contribution in [1.82, 2.24) is 0 Å². The predicted molar refractivity (Wildman–Crippen MR) is 98.1 cm³/mol. The van der Waals surface area contributed by atoms with Gasteiger partial charge in [0.1, 0.15) is 11.2 Å². The smallest absolute Gasteiger partial charge is 0.323 e. The third-order valence-electron chi connectivity index (χ3n) is 6.02. The lowest BCUT2D eigenvalue weighted by Crippen LogP contribution is -2.31. The van der Waals surface area contributed by atoms with Gasteiger partial charge in [0.15, 0.2) is 0 Å². The van der Waals surface area contributed by atoms with Gasteiger partial charge >= 0.3 is 11.9 Å². The van der Waals surface area contributed by atoms with Gasteiger partial charge in [-0.3, -0.25) is 9.59 Å². The molecule has 0 unspecified atom stereocenters. The quantitative estimate of drug-likeness (QED) is 0.398. The summed E-state index contributed by atoms with van der Waals surface area (Å²) >= 11 is 0. The lowest BCUT2D eigenvalue weighted by atomic mass is 9.83. The molecule has 26 heavy (non-hydrogen) atoms. The number of hydrogen-bond donors (Lipinski definition) is 0. The van der Waals surface area contributed by atoms with Crippen LogP contribution in [0.5, 0.6) is 5.75 Å². The molecule has 1 fully saturated rings. The van der Waals surface area contributed by atoms with Gasteiger partial charge in [0.25, 0.3) is 0 Å². The zero-order valence-corrected chi connectivity index (χ0v) is 14.7. The Morgan fingerprint density at radius 2 is 1.62 bits per heavy atom. The van der Waals surface area contributed by atoms with Crippen LogP contribution in [0.3, 0.4) is 0 Å². The van der Waals surface area contributed by atoms with Crippen LogP contribution in [-0.2, 0) is 19.7 Å². The molecule has 0 aromatic heterocycles. The summed E-state index contributed by atoms with van der Waals surface area (Å²) in [6.45, 7) is 3.89. The van der Waals surface area contributed by atoms with Gasteiger partial charge in [-0.1, -0.05) is 48.5 Å². The second-order valence-corrected chi connectivity index (χ2v) is 7.32. The van der Waals surface area contributed by atoms with E-state index >= 15 is 0 Å². The van der Waals surface area contributed by atoms with Gasteiger partial charge in [-0.15, -0.1) is 0 Å². The van der Waals surface area contributed by atoms with E-state index in [0.29, 0.717) is 18.8 Å². The summed E-state index contributed by atoms with van der Waals surface area (Å²) in [6.07, 6.45) is 0.424. The van der Waals surface area contributed by atoms with E-state index in [1.54, 1.807) is 6.92 Å². The summed E-state index contributed by atoms with van der Waals surface area (Å²) in [5, 5.41) is 3.99. The lowest BCUT2D eigenvalue weighted by Gasteiger charge is -2.16.